The maximum atomic E-state index is 13.4. The van der Waals surface area contributed by atoms with Crippen LogP contribution in [0, 0.1) is 5.82 Å². The van der Waals surface area contributed by atoms with Gasteiger partial charge in [-0.3, -0.25) is 0 Å². The fraction of sp³-hybridized carbons (Fsp3) is 0.0909. The molecular formula is C11H9ClFN3O. The number of aromatic nitrogens is 2. The van der Waals surface area contributed by atoms with Crippen LogP contribution in [0.25, 0.3) is 0 Å². The summed E-state index contributed by atoms with van der Waals surface area (Å²) in [6, 6.07) is 4.47. The number of nitrogens with zero attached hydrogens (tertiary/aromatic N) is 2. The number of anilines is 2. The van der Waals surface area contributed by atoms with Gasteiger partial charge in [-0.25, -0.2) is 14.4 Å². The quantitative estimate of drug-likeness (QED) is 0.913. The zero-order chi connectivity index (χ0) is 12.3. The third kappa shape index (κ3) is 2.62. The molecule has 0 amide bonds. The lowest BCUT2D eigenvalue weighted by molar-refractivity contribution is 0.386. The lowest BCUT2D eigenvalue weighted by atomic mass is 10.3. The van der Waals surface area contributed by atoms with Crippen molar-refractivity contribution in [1.82, 2.24) is 9.97 Å². The predicted molar refractivity (Wildman–Crippen MR) is 63.3 cm³/mol. The molecule has 0 radical (unpaired) electrons. The molecule has 4 nitrogen and oxygen atoms in total. The minimum absolute atomic E-state index is 0.181. The fourth-order valence-electron chi connectivity index (χ4n) is 1.29. The molecule has 0 unspecified atom stereocenters. The number of halogens is 2. The highest BCUT2D eigenvalue weighted by Gasteiger charge is 2.06. The van der Waals surface area contributed by atoms with Gasteiger partial charge in [-0.05, 0) is 12.1 Å². The summed E-state index contributed by atoms with van der Waals surface area (Å²) in [5.74, 6) is 0.0945. The first-order chi connectivity index (χ1) is 8.20. The fourth-order valence-corrected chi connectivity index (χ4v) is 1.44. The van der Waals surface area contributed by atoms with Crippen LogP contribution >= 0.6 is 11.6 Å². The molecule has 0 bridgehead atoms. The number of ether oxygens (including phenoxy) is 1. The average molecular weight is 254 g/mol. The standard InChI is InChI=1S/C11H9ClFN3O/c1-17-9-3-2-7(6-8(9)13)16-11-10(12)14-4-5-15-11/h2-6H,1H3,(H,15,16). The molecule has 0 fully saturated rings. The topological polar surface area (TPSA) is 47.0 Å². The Kier molecular flexibility index (Phi) is 3.39. The molecule has 0 aliphatic rings. The van der Waals surface area contributed by atoms with Gasteiger partial charge in [-0.15, -0.1) is 0 Å². The zero-order valence-corrected chi connectivity index (χ0v) is 9.70. The largest absolute Gasteiger partial charge is 0.494 e. The van der Waals surface area contributed by atoms with Gasteiger partial charge in [0.2, 0.25) is 0 Å². The van der Waals surface area contributed by atoms with E-state index in [0.717, 1.165) is 0 Å². The van der Waals surface area contributed by atoms with Crippen molar-refractivity contribution in [3.63, 3.8) is 0 Å². The molecule has 0 aliphatic carbocycles. The summed E-state index contributed by atoms with van der Waals surface area (Å²) in [7, 11) is 1.41. The lowest BCUT2D eigenvalue weighted by Crippen LogP contribution is -1.97. The van der Waals surface area contributed by atoms with Crippen molar-refractivity contribution in [3.8, 4) is 5.75 Å². The second-order valence-corrected chi connectivity index (χ2v) is 3.53. The smallest absolute Gasteiger partial charge is 0.171 e. The van der Waals surface area contributed by atoms with Crippen molar-refractivity contribution < 1.29 is 9.13 Å². The Bertz CT molecular complexity index is 536. The van der Waals surface area contributed by atoms with Gasteiger partial charge in [-0.1, -0.05) is 11.6 Å². The van der Waals surface area contributed by atoms with Crippen LogP contribution in [0.15, 0.2) is 30.6 Å². The highest BCUT2D eigenvalue weighted by atomic mass is 35.5. The average Bonchev–Trinajstić information content (AvgIpc) is 2.32. The van der Waals surface area contributed by atoms with E-state index in [0.29, 0.717) is 11.5 Å². The number of benzene rings is 1. The van der Waals surface area contributed by atoms with Crippen molar-refractivity contribution >= 4 is 23.1 Å². The second kappa shape index (κ2) is 4.97. The normalized spacial score (nSPS) is 10.1. The van der Waals surface area contributed by atoms with E-state index in [1.165, 1.54) is 31.6 Å². The van der Waals surface area contributed by atoms with Gasteiger partial charge in [0.25, 0.3) is 0 Å². The molecular weight excluding hydrogens is 245 g/mol. The first-order valence-electron chi connectivity index (χ1n) is 4.78. The summed E-state index contributed by atoms with van der Waals surface area (Å²) >= 11 is 5.82. The summed E-state index contributed by atoms with van der Waals surface area (Å²) in [6.45, 7) is 0. The molecule has 1 aromatic carbocycles. The molecule has 0 saturated heterocycles. The highest BCUT2D eigenvalue weighted by molar-refractivity contribution is 6.31. The number of rotatable bonds is 3. The Labute approximate surface area is 102 Å². The molecule has 0 atom stereocenters. The van der Waals surface area contributed by atoms with Crippen molar-refractivity contribution in [3.05, 3.63) is 41.6 Å². The van der Waals surface area contributed by atoms with Gasteiger partial charge >= 0.3 is 0 Å². The Morgan fingerprint density at radius 1 is 1.29 bits per heavy atom. The van der Waals surface area contributed by atoms with Crippen LogP contribution in [0.4, 0.5) is 15.9 Å². The Hall–Kier alpha value is -1.88. The molecule has 1 aromatic heterocycles. The lowest BCUT2D eigenvalue weighted by Gasteiger charge is -2.08. The first-order valence-corrected chi connectivity index (χ1v) is 5.15. The molecule has 88 valence electrons. The minimum atomic E-state index is -0.461. The third-order valence-electron chi connectivity index (χ3n) is 2.07. The number of methoxy groups -OCH3 is 1. The van der Waals surface area contributed by atoms with E-state index in [1.54, 1.807) is 6.07 Å². The molecule has 0 spiro atoms. The zero-order valence-electron chi connectivity index (χ0n) is 8.95. The highest BCUT2D eigenvalue weighted by Crippen LogP contribution is 2.24. The van der Waals surface area contributed by atoms with Gasteiger partial charge in [0, 0.05) is 24.1 Å². The van der Waals surface area contributed by atoms with Gasteiger partial charge in [-0.2, -0.15) is 0 Å². The van der Waals surface area contributed by atoms with Crippen LogP contribution < -0.4 is 10.1 Å². The summed E-state index contributed by atoms with van der Waals surface area (Å²) in [4.78, 5) is 7.84. The Morgan fingerprint density at radius 2 is 2.06 bits per heavy atom. The summed E-state index contributed by atoms with van der Waals surface area (Å²) in [6.07, 6.45) is 2.97. The van der Waals surface area contributed by atoms with E-state index in [1.807, 2.05) is 0 Å². The summed E-state index contributed by atoms with van der Waals surface area (Å²) in [5, 5.41) is 3.09. The van der Waals surface area contributed by atoms with E-state index >= 15 is 0 Å². The SMILES string of the molecule is COc1ccc(Nc2nccnc2Cl)cc1F. The molecule has 1 heterocycles. The summed E-state index contributed by atoms with van der Waals surface area (Å²) in [5.41, 5.74) is 0.519. The second-order valence-electron chi connectivity index (χ2n) is 3.17. The third-order valence-corrected chi connectivity index (χ3v) is 2.34. The van der Waals surface area contributed by atoms with Gasteiger partial charge in [0.1, 0.15) is 0 Å². The van der Waals surface area contributed by atoms with Crippen molar-refractivity contribution in [2.45, 2.75) is 0 Å². The van der Waals surface area contributed by atoms with Crippen LogP contribution in [-0.4, -0.2) is 17.1 Å². The van der Waals surface area contributed by atoms with Gasteiger partial charge in [0.05, 0.1) is 7.11 Å². The van der Waals surface area contributed by atoms with Crippen LogP contribution in [0.1, 0.15) is 0 Å². The van der Waals surface area contributed by atoms with E-state index < -0.39 is 5.82 Å². The molecule has 1 N–H and O–H groups in total. The van der Waals surface area contributed by atoms with Crippen LogP contribution in [0.5, 0.6) is 5.75 Å². The number of hydrogen-bond donors (Lipinski definition) is 1. The Balaban J connectivity index is 2.25. The molecule has 2 rings (SSSR count). The molecule has 6 heteroatoms. The van der Waals surface area contributed by atoms with Crippen LogP contribution in [-0.2, 0) is 0 Å². The van der Waals surface area contributed by atoms with Gasteiger partial charge < -0.3 is 10.1 Å². The minimum Gasteiger partial charge on any atom is -0.494 e. The molecule has 2 aromatic rings. The van der Waals surface area contributed by atoms with Crippen molar-refractivity contribution in [2.75, 3.05) is 12.4 Å². The maximum Gasteiger partial charge on any atom is 0.171 e. The van der Waals surface area contributed by atoms with Gasteiger partial charge in [0.15, 0.2) is 22.5 Å². The first kappa shape index (κ1) is 11.6. The number of hydrogen-bond acceptors (Lipinski definition) is 4. The van der Waals surface area contributed by atoms with Crippen LogP contribution in [0.2, 0.25) is 5.15 Å². The summed E-state index contributed by atoms with van der Waals surface area (Å²) < 4.78 is 18.2. The van der Waals surface area contributed by atoms with E-state index in [4.69, 9.17) is 16.3 Å². The number of nitrogens with one attached hydrogen (secondary N) is 1. The van der Waals surface area contributed by atoms with E-state index in [-0.39, 0.29) is 10.9 Å². The molecule has 17 heavy (non-hydrogen) atoms. The predicted octanol–water partition coefficient (Wildman–Crippen LogP) is 3.02. The molecule has 0 saturated carbocycles. The Morgan fingerprint density at radius 3 is 2.71 bits per heavy atom. The van der Waals surface area contributed by atoms with Crippen molar-refractivity contribution in [2.24, 2.45) is 0 Å². The van der Waals surface area contributed by atoms with E-state index in [9.17, 15) is 4.39 Å². The maximum absolute atomic E-state index is 13.4. The molecule has 0 aliphatic heterocycles. The van der Waals surface area contributed by atoms with Crippen LogP contribution in [0.3, 0.4) is 0 Å². The monoisotopic (exact) mass is 253 g/mol. The van der Waals surface area contributed by atoms with Crippen molar-refractivity contribution in [1.29, 1.82) is 0 Å². The van der Waals surface area contributed by atoms with E-state index in [2.05, 4.69) is 15.3 Å².